The summed E-state index contributed by atoms with van der Waals surface area (Å²) in [7, 11) is 0. The van der Waals surface area contributed by atoms with Crippen molar-refractivity contribution >= 4 is 28.3 Å². The predicted molar refractivity (Wildman–Crippen MR) is 133 cm³/mol. The zero-order valence-corrected chi connectivity index (χ0v) is 19.4. The fourth-order valence-electron chi connectivity index (χ4n) is 4.37. The number of anilines is 2. The van der Waals surface area contributed by atoms with E-state index in [1.807, 2.05) is 12.1 Å². The predicted octanol–water partition coefficient (Wildman–Crippen LogP) is 4.01. The largest absolute Gasteiger partial charge is 0.494 e. The highest BCUT2D eigenvalue weighted by Crippen LogP contribution is 2.34. The first kappa shape index (κ1) is 23.7. The summed E-state index contributed by atoms with van der Waals surface area (Å²) in [5.74, 6) is -1.23. The number of nitrogens with zero attached hydrogens (tertiary/aromatic N) is 2. The standard InChI is InChI=1S/C26H26F2N6O2/c27-18-2-1-3-19(28)22(18)24-33-20-14-31-26(36)23(20)25(34-24)32-17-6-4-15(5-7-17)12-21(35)30-13-16-8-10-29-11-9-16/h1-7,14,16,29,31,36H,8-13H2,(H,30,35)(H,32,33,34). The minimum absolute atomic E-state index is 0.0273. The lowest BCUT2D eigenvalue weighted by Crippen LogP contribution is -2.36. The number of hydrogen-bond donors (Lipinski definition) is 5. The van der Waals surface area contributed by atoms with Gasteiger partial charge in [-0.15, -0.1) is 0 Å². The van der Waals surface area contributed by atoms with Gasteiger partial charge in [-0.25, -0.2) is 18.7 Å². The third kappa shape index (κ3) is 5.13. The number of H-pyrrole nitrogens is 1. The summed E-state index contributed by atoms with van der Waals surface area (Å²) < 4.78 is 28.8. The molecular weight excluding hydrogens is 466 g/mol. The highest BCUT2D eigenvalue weighted by atomic mass is 19.1. The number of carbonyl (C=O) groups excluding carboxylic acids is 1. The minimum atomic E-state index is -0.789. The molecule has 186 valence electrons. The zero-order chi connectivity index (χ0) is 25.1. The first-order valence-corrected chi connectivity index (χ1v) is 11.8. The van der Waals surface area contributed by atoms with E-state index in [1.54, 1.807) is 12.1 Å². The van der Waals surface area contributed by atoms with Crippen LogP contribution < -0.4 is 16.0 Å². The van der Waals surface area contributed by atoms with Crippen molar-refractivity contribution in [3.05, 3.63) is 65.9 Å². The first-order chi connectivity index (χ1) is 17.5. The van der Waals surface area contributed by atoms with Crippen LogP contribution in [0.25, 0.3) is 22.3 Å². The van der Waals surface area contributed by atoms with E-state index < -0.39 is 11.6 Å². The Morgan fingerprint density at radius 1 is 1.06 bits per heavy atom. The SMILES string of the molecule is O=C(Cc1ccc(Nc2nc(-c3c(F)cccc3F)nc3c[nH]c(O)c23)cc1)NCC1CCNCC1. The molecule has 5 rings (SSSR count). The molecule has 5 N–H and O–H groups in total. The van der Waals surface area contributed by atoms with Gasteiger partial charge in [-0.1, -0.05) is 18.2 Å². The molecule has 1 amide bonds. The maximum absolute atomic E-state index is 14.4. The number of rotatable bonds is 7. The number of hydrogen-bond acceptors (Lipinski definition) is 6. The van der Waals surface area contributed by atoms with Crippen LogP contribution in [0.3, 0.4) is 0 Å². The molecule has 10 heteroatoms. The van der Waals surface area contributed by atoms with Gasteiger partial charge in [0.25, 0.3) is 0 Å². The molecule has 0 spiro atoms. The third-order valence-corrected chi connectivity index (χ3v) is 6.33. The molecule has 36 heavy (non-hydrogen) atoms. The van der Waals surface area contributed by atoms with Gasteiger partial charge < -0.3 is 26.0 Å². The molecular formula is C26H26F2N6O2. The molecule has 3 heterocycles. The molecule has 0 atom stereocenters. The third-order valence-electron chi connectivity index (χ3n) is 6.33. The van der Waals surface area contributed by atoms with Gasteiger partial charge in [0.05, 0.1) is 17.5 Å². The topological polar surface area (TPSA) is 115 Å². The highest BCUT2D eigenvalue weighted by molar-refractivity contribution is 5.96. The molecule has 1 saturated heterocycles. The normalized spacial score (nSPS) is 14.2. The van der Waals surface area contributed by atoms with Crippen molar-refractivity contribution in [3.8, 4) is 17.3 Å². The van der Waals surface area contributed by atoms with Crippen molar-refractivity contribution in [1.82, 2.24) is 25.6 Å². The van der Waals surface area contributed by atoms with Gasteiger partial charge in [0.1, 0.15) is 22.8 Å². The number of amides is 1. The number of halogens is 2. The maximum atomic E-state index is 14.4. The van der Waals surface area contributed by atoms with Crippen molar-refractivity contribution in [2.45, 2.75) is 19.3 Å². The van der Waals surface area contributed by atoms with Gasteiger partial charge in [-0.2, -0.15) is 0 Å². The van der Waals surface area contributed by atoms with Crippen LogP contribution in [0.2, 0.25) is 0 Å². The van der Waals surface area contributed by atoms with E-state index >= 15 is 0 Å². The summed E-state index contributed by atoms with van der Waals surface area (Å²) in [6.07, 6.45) is 3.83. The zero-order valence-electron chi connectivity index (χ0n) is 19.4. The fourth-order valence-corrected chi connectivity index (χ4v) is 4.37. The van der Waals surface area contributed by atoms with Crippen molar-refractivity contribution in [1.29, 1.82) is 0 Å². The van der Waals surface area contributed by atoms with Gasteiger partial charge in [0.15, 0.2) is 5.82 Å². The van der Waals surface area contributed by atoms with Crippen LogP contribution in [-0.2, 0) is 11.2 Å². The molecule has 2 aromatic heterocycles. The molecule has 1 aliphatic heterocycles. The first-order valence-electron chi connectivity index (χ1n) is 11.8. The summed E-state index contributed by atoms with van der Waals surface area (Å²) in [5.41, 5.74) is 1.41. The van der Waals surface area contributed by atoms with Crippen LogP contribution in [0.15, 0.2) is 48.7 Å². The van der Waals surface area contributed by atoms with Gasteiger partial charge in [0, 0.05) is 18.4 Å². The summed E-state index contributed by atoms with van der Waals surface area (Å²) in [4.78, 5) is 23.5. The molecule has 1 fully saturated rings. The lowest BCUT2D eigenvalue weighted by Gasteiger charge is -2.22. The fraction of sp³-hybridized carbons (Fsp3) is 0.269. The second kappa shape index (κ2) is 10.3. The van der Waals surface area contributed by atoms with E-state index in [-0.39, 0.29) is 40.8 Å². The second-order valence-electron chi connectivity index (χ2n) is 8.89. The van der Waals surface area contributed by atoms with E-state index in [2.05, 4.69) is 30.9 Å². The monoisotopic (exact) mass is 492 g/mol. The van der Waals surface area contributed by atoms with E-state index in [0.29, 0.717) is 23.7 Å². The molecule has 0 radical (unpaired) electrons. The quantitative estimate of drug-likeness (QED) is 0.266. The Bertz CT molecular complexity index is 1360. The summed E-state index contributed by atoms with van der Waals surface area (Å²) in [6, 6.07) is 10.7. The molecule has 2 aromatic carbocycles. The number of piperidine rings is 1. The Balaban J connectivity index is 1.32. The minimum Gasteiger partial charge on any atom is -0.494 e. The molecule has 0 saturated carbocycles. The average Bonchev–Trinajstić information content (AvgIpc) is 3.25. The maximum Gasteiger partial charge on any atom is 0.224 e. The average molecular weight is 493 g/mol. The van der Waals surface area contributed by atoms with Crippen molar-refractivity contribution in [2.24, 2.45) is 5.92 Å². The van der Waals surface area contributed by atoms with Gasteiger partial charge >= 0.3 is 0 Å². The summed E-state index contributed by atoms with van der Waals surface area (Å²) >= 11 is 0. The van der Waals surface area contributed by atoms with E-state index in [4.69, 9.17) is 0 Å². The number of aromatic hydroxyl groups is 1. The number of fused-ring (bicyclic) bond motifs is 1. The van der Waals surface area contributed by atoms with Gasteiger partial charge in [0.2, 0.25) is 11.8 Å². The highest BCUT2D eigenvalue weighted by Gasteiger charge is 2.19. The Kier molecular flexibility index (Phi) is 6.77. The van der Waals surface area contributed by atoms with E-state index in [9.17, 15) is 18.7 Å². The molecule has 4 aromatic rings. The van der Waals surface area contributed by atoms with Crippen LogP contribution in [0.5, 0.6) is 5.88 Å². The van der Waals surface area contributed by atoms with Crippen LogP contribution in [-0.4, -0.2) is 45.6 Å². The van der Waals surface area contributed by atoms with Gasteiger partial charge in [-0.05, 0) is 61.7 Å². The molecule has 8 nitrogen and oxygen atoms in total. The van der Waals surface area contributed by atoms with Crippen molar-refractivity contribution < 1.29 is 18.7 Å². The smallest absolute Gasteiger partial charge is 0.224 e. The second-order valence-corrected chi connectivity index (χ2v) is 8.89. The Morgan fingerprint density at radius 3 is 2.50 bits per heavy atom. The number of carbonyl (C=O) groups is 1. The van der Waals surface area contributed by atoms with Crippen LogP contribution in [0, 0.1) is 17.6 Å². The number of aromatic amines is 1. The van der Waals surface area contributed by atoms with Crippen LogP contribution >= 0.6 is 0 Å². The van der Waals surface area contributed by atoms with Crippen LogP contribution in [0.4, 0.5) is 20.3 Å². The Hall–Kier alpha value is -4.05. The lowest BCUT2D eigenvalue weighted by atomic mass is 9.98. The lowest BCUT2D eigenvalue weighted by molar-refractivity contribution is -0.120. The number of nitrogens with one attached hydrogen (secondary N) is 4. The molecule has 1 aliphatic rings. The summed E-state index contributed by atoms with van der Waals surface area (Å²) in [6.45, 7) is 2.67. The number of aromatic nitrogens is 3. The summed E-state index contributed by atoms with van der Waals surface area (Å²) in [5, 5.41) is 20.0. The Morgan fingerprint density at radius 2 is 1.78 bits per heavy atom. The molecule has 0 aliphatic carbocycles. The van der Waals surface area contributed by atoms with E-state index in [0.717, 1.165) is 43.6 Å². The number of benzene rings is 2. The van der Waals surface area contributed by atoms with Crippen molar-refractivity contribution in [3.63, 3.8) is 0 Å². The van der Waals surface area contributed by atoms with E-state index in [1.165, 1.54) is 12.3 Å². The molecule has 0 bridgehead atoms. The van der Waals surface area contributed by atoms with Crippen LogP contribution in [0.1, 0.15) is 18.4 Å². The van der Waals surface area contributed by atoms with Crippen molar-refractivity contribution in [2.75, 3.05) is 25.0 Å². The molecule has 0 unspecified atom stereocenters. The Labute approximate surface area is 206 Å². The van der Waals surface area contributed by atoms with Gasteiger partial charge in [-0.3, -0.25) is 4.79 Å².